The second-order valence-corrected chi connectivity index (χ2v) is 11.4. The lowest BCUT2D eigenvalue weighted by Crippen LogP contribution is -2.29. The van der Waals surface area contributed by atoms with Gasteiger partial charge in [0.05, 0.1) is 29.6 Å². The number of carbonyl (C=O) groups excluding carboxylic acids is 3. The van der Waals surface area contributed by atoms with Crippen LogP contribution in [0.4, 0.5) is 5.13 Å². The van der Waals surface area contributed by atoms with Crippen molar-refractivity contribution in [3.8, 4) is 5.75 Å². The van der Waals surface area contributed by atoms with Crippen molar-refractivity contribution in [2.45, 2.75) is 52.5 Å². The highest BCUT2D eigenvalue weighted by Crippen LogP contribution is 2.44. The van der Waals surface area contributed by atoms with E-state index in [1.165, 1.54) is 11.0 Å². The van der Waals surface area contributed by atoms with Gasteiger partial charge in [0.25, 0.3) is 5.78 Å². The minimum atomic E-state index is -1.04. The lowest BCUT2D eigenvalue weighted by molar-refractivity contribution is -0.132. The first-order valence-corrected chi connectivity index (χ1v) is 15.3. The first-order valence-electron chi connectivity index (χ1n) is 14.5. The number of hydrogen-bond donors (Lipinski definition) is 1. The van der Waals surface area contributed by atoms with Gasteiger partial charge >= 0.3 is 11.9 Å². The Morgan fingerprint density at radius 1 is 1.07 bits per heavy atom. The van der Waals surface area contributed by atoms with Gasteiger partial charge in [0, 0.05) is 6.20 Å². The Morgan fingerprint density at radius 2 is 1.84 bits per heavy atom. The van der Waals surface area contributed by atoms with Crippen molar-refractivity contribution >= 4 is 45.5 Å². The van der Waals surface area contributed by atoms with Gasteiger partial charge in [0.15, 0.2) is 10.9 Å². The van der Waals surface area contributed by atoms with Crippen LogP contribution in [0.2, 0.25) is 0 Å². The number of aromatic nitrogens is 3. The van der Waals surface area contributed by atoms with Gasteiger partial charge in [-0.25, -0.2) is 14.8 Å². The Kier molecular flexibility index (Phi) is 9.24. The molecule has 228 valence electrons. The molecule has 1 aromatic carbocycles. The molecule has 1 amide bonds. The van der Waals surface area contributed by atoms with Crippen LogP contribution in [-0.4, -0.2) is 50.3 Å². The van der Waals surface area contributed by atoms with E-state index < -0.39 is 23.7 Å². The molecular weight excluding hydrogens is 580 g/mol. The van der Waals surface area contributed by atoms with Gasteiger partial charge in [-0.3, -0.25) is 18.9 Å². The van der Waals surface area contributed by atoms with Crippen LogP contribution in [0.5, 0.6) is 5.75 Å². The van der Waals surface area contributed by atoms with E-state index in [0.29, 0.717) is 40.6 Å². The fraction of sp³-hybridized carbons (Fsp3) is 0.303. The maximum atomic E-state index is 13.7. The number of Topliss-reactive ketones (excluding diaryl/α,β-unsaturated/α-hetero) is 1. The van der Waals surface area contributed by atoms with Gasteiger partial charge < -0.3 is 14.6 Å². The molecule has 1 unspecified atom stereocenters. The number of thiazole rings is 1. The van der Waals surface area contributed by atoms with Gasteiger partial charge in [0.2, 0.25) is 0 Å². The second kappa shape index (κ2) is 13.3. The first kappa shape index (κ1) is 30.7. The Morgan fingerprint density at radius 3 is 2.57 bits per heavy atom. The van der Waals surface area contributed by atoms with Crippen molar-refractivity contribution in [3.05, 3.63) is 94.4 Å². The third-order valence-electron chi connectivity index (χ3n) is 7.34. The molecule has 0 saturated carbocycles. The fourth-order valence-corrected chi connectivity index (χ4v) is 6.20. The lowest BCUT2D eigenvalue weighted by Gasteiger charge is -2.23. The van der Waals surface area contributed by atoms with E-state index in [1.807, 2.05) is 6.07 Å². The van der Waals surface area contributed by atoms with E-state index in [0.717, 1.165) is 37.0 Å². The van der Waals surface area contributed by atoms with Crippen LogP contribution in [0, 0.1) is 13.8 Å². The van der Waals surface area contributed by atoms with Gasteiger partial charge in [-0.15, -0.1) is 0 Å². The summed E-state index contributed by atoms with van der Waals surface area (Å²) in [6, 6.07) is 11.4. The van der Waals surface area contributed by atoms with Crippen molar-refractivity contribution in [3.63, 3.8) is 0 Å². The highest BCUT2D eigenvalue weighted by atomic mass is 32.1. The van der Waals surface area contributed by atoms with Crippen LogP contribution in [0.1, 0.15) is 71.0 Å². The number of aliphatic hydroxyl groups excluding tert-OH is 1. The van der Waals surface area contributed by atoms with Crippen molar-refractivity contribution in [2.75, 3.05) is 18.1 Å². The number of pyridine rings is 1. The highest BCUT2D eigenvalue weighted by molar-refractivity contribution is 7.17. The molecule has 5 rings (SSSR count). The molecule has 44 heavy (non-hydrogen) atoms. The van der Waals surface area contributed by atoms with Crippen LogP contribution in [0.15, 0.2) is 66.9 Å². The van der Waals surface area contributed by atoms with E-state index in [1.54, 1.807) is 60.8 Å². The Hall–Kier alpha value is -4.77. The van der Waals surface area contributed by atoms with Crippen LogP contribution in [-0.2, 0) is 14.3 Å². The molecule has 4 heterocycles. The molecule has 0 spiro atoms. The summed E-state index contributed by atoms with van der Waals surface area (Å²) in [7, 11) is 0. The zero-order chi connectivity index (χ0) is 31.4. The number of benzene rings is 1. The SMILES string of the molecule is C=CCOC(=O)c1sc(N2C(=O)C(=O)/C(=C(/O)c3c(C)nc4ccccn34)C2c2ccc(OCCCCCC)cc2)nc1C. The summed E-state index contributed by atoms with van der Waals surface area (Å²) in [5.74, 6) is -2.07. The fourth-order valence-electron chi connectivity index (χ4n) is 5.21. The number of ether oxygens (including phenoxy) is 2. The van der Waals surface area contributed by atoms with Gasteiger partial charge in [0.1, 0.15) is 28.6 Å². The van der Waals surface area contributed by atoms with Crippen molar-refractivity contribution in [2.24, 2.45) is 0 Å². The van der Waals surface area contributed by atoms with Crippen LogP contribution < -0.4 is 9.64 Å². The number of amides is 1. The average Bonchev–Trinajstić information content (AvgIpc) is 3.65. The molecule has 1 N–H and O–H groups in total. The number of aryl methyl sites for hydroxylation is 2. The molecule has 4 aromatic rings. The highest BCUT2D eigenvalue weighted by Gasteiger charge is 2.49. The summed E-state index contributed by atoms with van der Waals surface area (Å²) in [5.41, 5.74) is 2.17. The monoisotopic (exact) mass is 614 g/mol. The smallest absolute Gasteiger partial charge is 0.350 e. The standard InChI is InChI=1S/C33H34N4O6S/c1-5-7-8-11-19-42-23-15-13-22(14-16-23)27-25(28(38)26-20(3)34-24-12-9-10-17-36(24)26)29(39)31(40)37(27)33-35-21(4)30(44-33)32(41)43-18-6-2/h6,9-10,12-17,27,38H,2,5,7-8,11,18-19H2,1,3-4H3/b28-25+. The Labute approximate surface area is 259 Å². The normalized spacial score (nSPS) is 16.1. The van der Waals surface area contributed by atoms with E-state index in [2.05, 4.69) is 23.5 Å². The number of anilines is 1. The molecule has 1 aliphatic heterocycles. The van der Waals surface area contributed by atoms with E-state index in [4.69, 9.17) is 9.47 Å². The number of aliphatic hydroxyl groups is 1. The summed E-state index contributed by atoms with van der Waals surface area (Å²) in [5, 5.41) is 11.9. The molecule has 0 radical (unpaired) electrons. The van der Waals surface area contributed by atoms with E-state index in [9.17, 15) is 19.5 Å². The number of rotatable bonds is 12. The average molecular weight is 615 g/mol. The van der Waals surface area contributed by atoms with E-state index in [-0.39, 0.29) is 27.9 Å². The largest absolute Gasteiger partial charge is 0.505 e. The Balaban J connectivity index is 1.60. The predicted molar refractivity (Wildman–Crippen MR) is 168 cm³/mol. The zero-order valence-electron chi connectivity index (χ0n) is 24.9. The number of hydrogen-bond acceptors (Lipinski definition) is 9. The summed E-state index contributed by atoms with van der Waals surface area (Å²) >= 11 is 0.944. The van der Waals surface area contributed by atoms with Gasteiger partial charge in [-0.05, 0) is 50.1 Å². The number of carbonyl (C=O) groups is 3. The predicted octanol–water partition coefficient (Wildman–Crippen LogP) is 6.34. The minimum Gasteiger partial charge on any atom is -0.505 e. The number of imidazole rings is 1. The summed E-state index contributed by atoms with van der Waals surface area (Å²) < 4.78 is 12.8. The maximum absolute atomic E-state index is 13.7. The van der Waals surface area contributed by atoms with Crippen LogP contribution in [0.25, 0.3) is 11.4 Å². The molecular formula is C33H34N4O6S. The third kappa shape index (κ3) is 5.87. The summed E-state index contributed by atoms with van der Waals surface area (Å²) in [6.45, 7) is 9.66. The Bertz CT molecular complexity index is 1750. The van der Waals surface area contributed by atoms with E-state index >= 15 is 0 Å². The minimum absolute atomic E-state index is 0.0156. The zero-order valence-corrected chi connectivity index (χ0v) is 25.7. The van der Waals surface area contributed by atoms with Crippen LogP contribution in [0.3, 0.4) is 0 Å². The third-order valence-corrected chi connectivity index (χ3v) is 8.48. The van der Waals surface area contributed by atoms with Crippen molar-refractivity contribution < 1.29 is 29.0 Å². The topological polar surface area (TPSA) is 123 Å². The molecule has 1 aliphatic rings. The molecule has 1 fully saturated rings. The molecule has 11 heteroatoms. The van der Waals surface area contributed by atoms with Crippen LogP contribution >= 0.6 is 11.3 Å². The number of ketones is 1. The maximum Gasteiger partial charge on any atom is 0.350 e. The molecule has 1 saturated heterocycles. The summed E-state index contributed by atoms with van der Waals surface area (Å²) in [4.78, 5) is 50.5. The number of nitrogens with zero attached hydrogens (tertiary/aromatic N) is 4. The molecule has 0 bridgehead atoms. The molecule has 10 nitrogen and oxygen atoms in total. The van der Waals surface area contributed by atoms with Gasteiger partial charge in [-0.1, -0.05) is 68.4 Å². The first-order chi connectivity index (χ1) is 21.3. The number of esters is 1. The molecule has 3 aromatic heterocycles. The number of unbranched alkanes of at least 4 members (excludes halogenated alkanes) is 3. The summed E-state index contributed by atoms with van der Waals surface area (Å²) in [6.07, 6.45) is 7.49. The van der Waals surface area contributed by atoms with Crippen molar-refractivity contribution in [1.82, 2.24) is 14.4 Å². The lowest BCUT2D eigenvalue weighted by atomic mass is 9.96. The second-order valence-electron chi connectivity index (χ2n) is 10.4. The number of fused-ring (bicyclic) bond motifs is 1. The van der Waals surface area contributed by atoms with Crippen molar-refractivity contribution in [1.29, 1.82) is 0 Å². The van der Waals surface area contributed by atoms with Gasteiger partial charge in [-0.2, -0.15) is 0 Å². The molecule has 0 aliphatic carbocycles. The molecule has 1 atom stereocenters. The quantitative estimate of drug-likeness (QED) is 0.0490.